The molecule has 4 aromatic rings. The molecule has 6 N–H and O–H groups in total. The van der Waals surface area contributed by atoms with Crippen molar-refractivity contribution in [2.24, 2.45) is 0 Å². The zero-order valence-corrected chi connectivity index (χ0v) is 42.4. The number of carbonyl (C=O) groups excluding carboxylic acids is 1. The maximum atomic E-state index is 13.4. The van der Waals surface area contributed by atoms with Gasteiger partial charge in [0.05, 0.1) is 12.2 Å². The number of ether oxygens (including phenoxy) is 8. The summed E-state index contributed by atoms with van der Waals surface area (Å²) in [5.41, 5.74) is 1.25. The van der Waals surface area contributed by atoms with Crippen molar-refractivity contribution < 1.29 is 73.3 Å². The van der Waals surface area contributed by atoms with Crippen molar-refractivity contribution in [1.82, 2.24) is 19.6 Å². The summed E-state index contributed by atoms with van der Waals surface area (Å²) in [5, 5.41) is 77.0. The molecule has 0 aliphatic carbocycles. The molecule has 70 heavy (non-hydrogen) atoms. The van der Waals surface area contributed by atoms with Gasteiger partial charge in [-0.1, -0.05) is 38.1 Å². The van der Waals surface area contributed by atoms with Crippen LogP contribution in [0.1, 0.15) is 128 Å². The van der Waals surface area contributed by atoms with Crippen LogP contribution in [-0.2, 0) is 31.8 Å². The first-order valence-corrected chi connectivity index (χ1v) is 24.3. The number of nitrogens with zero attached hydrogens (tertiary/aromatic N) is 4. The van der Waals surface area contributed by atoms with Crippen LogP contribution >= 0.6 is 0 Å². The van der Waals surface area contributed by atoms with E-state index in [9.17, 15) is 35.4 Å². The summed E-state index contributed by atoms with van der Waals surface area (Å²) in [5.74, 6) is 1.73. The Hall–Kier alpha value is -4.99. The molecule has 19 heteroatoms. The Morgan fingerprint density at radius 3 is 1.23 bits per heavy atom. The summed E-state index contributed by atoms with van der Waals surface area (Å²) < 4.78 is 51.2. The van der Waals surface area contributed by atoms with Crippen molar-refractivity contribution in [3.8, 4) is 23.3 Å². The van der Waals surface area contributed by atoms with Gasteiger partial charge >= 0.3 is 6.16 Å². The number of hydrogen-bond acceptors (Lipinski definition) is 17. The van der Waals surface area contributed by atoms with Gasteiger partial charge in [-0.3, -0.25) is 9.36 Å². The minimum Gasteiger partial charge on any atom is -0.491 e. The minimum absolute atomic E-state index is 0.0101. The fourth-order valence-electron chi connectivity index (χ4n) is 8.88. The average Bonchev–Trinajstić information content (AvgIpc) is 3.80. The van der Waals surface area contributed by atoms with E-state index >= 15 is 0 Å². The zero-order valence-electron chi connectivity index (χ0n) is 42.4. The summed E-state index contributed by atoms with van der Waals surface area (Å²) in [7, 11) is 0. The largest absolute Gasteiger partial charge is 0.508 e. The minimum atomic E-state index is -1.81. The molecular formula is C51H74N4O15. The van der Waals surface area contributed by atoms with Crippen molar-refractivity contribution in [1.29, 1.82) is 0 Å². The molecule has 2 aliphatic heterocycles. The lowest BCUT2D eigenvalue weighted by molar-refractivity contribution is -0.324. The highest BCUT2D eigenvalue weighted by Crippen LogP contribution is 2.39. The highest BCUT2D eigenvalue weighted by atomic mass is 16.8. The predicted octanol–water partition coefficient (Wildman–Crippen LogP) is 5.40. The van der Waals surface area contributed by atoms with Gasteiger partial charge in [0.15, 0.2) is 0 Å². The standard InChI is InChI=1S/C51H74N4O15/c1-13-50(43(60)39(56)41(58)47(69-50)67-45-37(31(11)54(52-45)27(3)4)23-33-15-19-35(20-16-33)65-29(7)8)25-63-49(62)64-26-51(14-2)44(61)40(57)42(59)48(70-51)68-46-38(32(12)55(53-46)28(5)6)24-34-17-21-36(22-18-34)66-30(9)10/h15-22,27-30,39-44,47-48,56-61H,13-14,23-26H2,1-12H3/t39-,40-,41-,42-,43+,44+,47-,48-,50-,51-/m1/s1. The van der Waals surface area contributed by atoms with Gasteiger partial charge in [0, 0.05) is 47.4 Å². The second-order valence-electron chi connectivity index (χ2n) is 19.5. The van der Waals surface area contributed by atoms with Crippen molar-refractivity contribution >= 4 is 6.16 Å². The molecule has 2 aromatic carbocycles. The van der Waals surface area contributed by atoms with Gasteiger partial charge < -0.3 is 68.5 Å². The molecule has 2 aliphatic rings. The van der Waals surface area contributed by atoms with E-state index in [0.717, 1.165) is 34.0 Å². The summed E-state index contributed by atoms with van der Waals surface area (Å²) in [6.45, 7) is 21.4. The number of aromatic nitrogens is 4. The lowest BCUT2D eigenvalue weighted by atomic mass is 9.85. The summed E-state index contributed by atoms with van der Waals surface area (Å²) in [6.07, 6.45) is -14.3. The van der Waals surface area contributed by atoms with Crippen molar-refractivity contribution in [2.45, 2.75) is 193 Å². The molecule has 19 nitrogen and oxygen atoms in total. The quantitative estimate of drug-likeness (QED) is 0.0607. The molecule has 2 aromatic heterocycles. The fourth-order valence-corrected chi connectivity index (χ4v) is 8.88. The number of carbonyl (C=O) groups is 1. The van der Waals surface area contributed by atoms with Crippen LogP contribution in [0.4, 0.5) is 4.79 Å². The van der Waals surface area contributed by atoms with Crippen LogP contribution in [0.3, 0.4) is 0 Å². The van der Waals surface area contributed by atoms with Crippen molar-refractivity contribution in [2.75, 3.05) is 13.2 Å². The predicted molar refractivity (Wildman–Crippen MR) is 255 cm³/mol. The van der Waals surface area contributed by atoms with Crippen LogP contribution < -0.4 is 18.9 Å². The van der Waals surface area contributed by atoms with E-state index in [1.807, 2.05) is 118 Å². The number of aliphatic hydroxyl groups excluding tert-OH is 6. The molecule has 0 saturated carbocycles. The van der Waals surface area contributed by atoms with E-state index in [2.05, 4.69) is 0 Å². The van der Waals surface area contributed by atoms with Gasteiger partial charge in [-0.15, -0.1) is 10.2 Å². The van der Waals surface area contributed by atoms with Gasteiger partial charge in [-0.25, -0.2) is 4.79 Å². The topological polar surface area (TPSA) is 248 Å². The Kier molecular flexibility index (Phi) is 17.6. The van der Waals surface area contributed by atoms with Crippen LogP contribution in [0, 0.1) is 13.8 Å². The molecule has 4 heterocycles. The molecule has 0 bridgehead atoms. The molecule has 0 unspecified atom stereocenters. The van der Waals surface area contributed by atoms with Gasteiger partial charge in [-0.05, 0) is 117 Å². The molecule has 0 amide bonds. The Labute approximate surface area is 410 Å². The Balaban J connectivity index is 1.16. The highest BCUT2D eigenvalue weighted by Gasteiger charge is 2.56. The summed E-state index contributed by atoms with van der Waals surface area (Å²) in [6, 6.07) is 15.1. The summed E-state index contributed by atoms with van der Waals surface area (Å²) >= 11 is 0. The smallest absolute Gasteiger partial charge is 0.491 e. The third-order valence-electron chi connectivity index (χ3n) is 13.0. The molecule has 6 rings (SSSR count). The number of hydrogen-bond donors (Lipinski definition) is 6. The van der Waals surface area contributed by atoms with Crippen LogP contribution in [0.25, 0.3) is 0 Å². The highest BCUT2D eigenvalue weighted by molar-refractivity contribution is 5.60. The van der Waals surface area contributed by atoms with E-state index in [1.54, 1.807) is 23.2 Å². The molecule has 10 atom stereocenters. The number of aliphatic hydroxyl groups is 6. The third kappa shape index (κ3) is 11.8. The Bertz CT molecular complexity index is 2170. The van der Waals surface area contributed by atoms with Gasteiger partial charge in [0.1, 0.15) is 72.5 Å². The van der Waals surface area contributed by atoms with Crippen LogP contribution in [0.15, 0.2) is 48.5 Å². The SMILES string of the molecule is CC[C@]1(COC(=O)OC[C@@]2(CC)O[C@@H](Oc3nn(C(C)C)c(C)c3Cc3ccc(OC(C)C)cc3)[C@H](O)[C@@H](O)[C@@H]2O)O[C@@H](Oc2nn(C(C)C)c(C)c2Cc2ccc(OC(C)C)cc2)[C@H](O)[C@@H](O)[C@@H]1O. The van der Waals surface area contributed by atoms with E-state index < -0.39 is 79.8 Å². The Morgan fingerprint density at radius 2 is 0.929 bits per heavy atom. The fraction of sp³-hybridized carbons (Fsp3) is 0.627. The molecular weight excluding hydrogens is 909 g/mol. The van der Waals surface area contributed by atoms with E-state index in [1.165, 1.54) is 0 Å². The normalized spacial score (nSPS) is 27.1. The second kappa shape index (κ2) is 22.6. The van der Waals surface area contributed by atoms with E-state index in [-0.39, 0.29) is 48.9 Å². The molecule has 0 spiro atoms. The van der Waals surface area contributed by atoms with Crippen LogP contribution in [-0.4, -0.2) is 142 Å². The molecule has 2 saturated heterocycles. The van der Waals surface area contributed by atoms with Crippen LogP contribution in [0.5, 0.6) is 23.3 Å². The average molecular weight is 983 g/mol. The first-order valence-electron chi connectivity index (χ1n) is 24.3. The summed E-state index contributed by atoms with van der Waals surface area (Å²) in [4.78, 5) is 13.4. The molecule has 2 fully saturated rings. The lowest BCUT2D eigenvalue weighted by Gasteiger charge is -2.48. The van der Waals surface area contributed by atoms with E-state index in [4.69, 9.17) is 48.1 Å². The second-order valence-corrected chi connectivity index (χ2v) is 19.5. The Morgan fingerprint density at radius 1 is 0.586 bits per heavy atom. The number of benzene rings is 2. The van der Waals surface area contributed by atoms with Gasteiger partial charge in [-0.2, -0.15) is 0 Å². The number of rotatable bonds is 20. The maximum Gasteiger partial charge on any atom is 0.508 e. The first-order chi connectivity index (χ1) is 33.0. The van der Waals surface area contributed by atoms with Crippen LogP contribution in [0.2, 0.25) is 0 Å². The van der Waals surface area contributed by atoms with E-state index in [0.29, 0.717) is 24.0 Å². The monoisotopic (exact) mass is 983 g/mol. The van der Waals surface area contributed by atoms with Crippen molar-refractivity contribution in [3.05, 3.63) is 82.2 Å². The van der Waals surface area contributed by atoms with Gasteiger partial charge in [0.25, 0.3) is 0 Å². The van der Waals surface area contributed by atoms with Gasteiger partial charge in [0.2, 0.25) is 24.3 Å². The van der Waals surface area contributed by atoms with Crippen molar-refractivity contribution in [3.63, 3.8) is 0 Å². The maximum absolute atomic E-state index is 13.4. The molecule has 388 valence electrons. The molecule has 0 radical (unpaired) electrons. The first kappa shape index (κ1) is 54.3. The lowest BCUT2D eigenvalue weighted by Crippen LogP contribution is -2.67. The third-order valence-corrected chi connectivity index (χ3v) is 13.0. The zero-order chi connectivity index (χ0) is 51.4.